The Bertz CT molecular complexity index is 346. The number of hydrogen-bond donors (Lipinski definition) is 2. The first kappa shape index (κ1) is 12.5. The van der Waals surface area contributed by atoms with Crippen LogP contribution in [0.5, 0.6) is 5.75 Å². The number of aliphatic hydroxyl groups excluding tert-OH is 1. The molecule has 0 aromatic heterocycles. The van der Waals surface area contributed by atoms with Gasteiger partial charge < -0.3 is 15.1 Å². The van der Waals surface area contributed by atoms with Crippen molar-refractivity contribution in [1.82, 2.24) is 0 Å². The molecule has 1 aromatic rings. The molecule has 1 aromatic carbocycles. The Balaban J connectivity index is 2.58. The van der Waals surface area contributed by atoms with Gasteiger partial charge in [0.05, 0.1) is 11.8 Å². The van der Waals surface area contributed by atoms with Crippen molar-refractivity contribution in [2.24, 2.45) is 5.16 Å². The molecule has 0 aliphatic heterocycles. The molecule has 0 saturated heterocycles. The van der Waals surface area contributed by atoms with Crippen molar-refractivity contribution >= 4 is 5.71 Å². The molecule has 16 heavy (non-hydrogen) atoms. The first-order chi connectivity index (χ1) is 7.67. The summed E-state index contributed by atoms with van der Waals surface area (Å²) in [6, 6.07) is 7.18. The third-order valence-electron chi connectivity index (χ3n) is 2.34. The molecule has 2 N–H and O–H groups in total. The summed E-state index contributed by atoms with van der Waals surface area (Å²) < 4.78 is 5.37. The molecular weight excluding hydrogens is 206 g/mol. The van der Waals surface area contributed by atoms with E-state index in [1.807, 2.05) is 19.1 Å². The Labute approximate surface area is 95.2 Å². The lowest BCUT2D eigenvalue weighted by molar-refractivity contribution is 0.104. The largest absolute Gasteiger partial charge is 0.491 e. The number of rotatable bonds is 5. The normalized spacial score (nSPS) is 13.6. The van der Waals surface area contributed by atoms with Crippen LogP contribution in [-0.4, -0.2) is 28.7 Å². The molecule has 0 amide bonds. The fourth-order valence-electron chi connectivity index (χ4n) is 1.16. The topological polar surface area (TPSA) is 62.0 Å². The first-order valence-electron chi connectivity index (χ1n) is 5.27. The number of benzene rings is 1. The van der Waals surface area contributed by atoms with Crippen molar-refractivity contribution in [3.8, 4) is 5.75 Å². The zero-order valence-corrected chi connectivity index (χ0v) is 9.55. The van der Waals surface area contributed by atoms with Gasteiger partial charge in [-0.25, -0.2) is 0 Å². The number of aliphatic hydroxyl groups is 1. The molecule has 0 radical (unpaired) electrons. The fourth-order valence-corrected chi connectivity index (χ4v) is 1.16. The van der Waals surface area contributed by atoms with Gasteiger partial charge in [-0.3, -0.25) is 0 Å². The van der Waals surface area contributed by atoms with Crippen LogP contribution >= 0.6 is 0 Å². The van der Waals surface area contributed by atoms with Crippen LogP contribution in [0.25, 0.3) is 0 Å². The van der Waals surface area contributed by atoms with E-state index in [0.717, 1.165) is 5.56 Å². The zero-order chi connectivity index (χ0) is 12.0. The summed E-state index contributed by atoms with van der Waals surface area (Å²) in [6.07, 6.45) is 0.245. The summed E-state index contributed by atoms with van der Waals surface area (Å²) in [5.74, 6) is 0.696. The molecule has 4 nitrogen and oxygen atoms in total. The van der Waals surface area contributed by atoms with Crippen LogP contribution in [0.2, 0.25) is 0 Å². The molecule has 0 fully saturated rings. The molecule has 1 rings (SSSR count). The van der Waals surface area contributed by atoms with Crippen LogP contribution in [0.4, 0.5) is 0 Å². The molecule has 0 heterocycles. The lowest BCUT2D eigenvalue weighted by atomic mass is 10.1. The standard InChI is InChI=1S/C12H17NO3/c1-3-11(14)8-16-12-6-4-10(5-7-12)9(2)13-15/h4-7,11,14-15H,3,8H2,1-2H3/b13-9+. The summed E-state index contributed by atoms with van der Waals surface area (Å²) in [4.78, 5) is 0. The molecule has 0 bridgehead atoms. The average molecular weight is 223 g/mol. The highest BCUT2D eigenvalue weighted by atomic mass is 16.5. The monoisotopic (exact) mass is 223 g/mol. The van der Waals surface area contributed by atoms with E-state index < -0.39 is 6.10 Å². The number of ether oxygens (including phenoxy) is 1. The van der Waals surface area contributed by atoms with Gasteiger partial charge in [0, 0.05) is 0 Å². The Kier molecular flexibility index (Phi) is 4.79. The smallest absolute Gasteiger partial charge is 0.119 e. The molecule has 0 aliphatic carbocycles. The van der Waals surface area contributed by atoms with Gasteiger partial charge in [-0.15, -0.1) is 0 Å². The molecule has 1 atom stereocenters. The van der Waals surface area contributed by atoms with Crippen LogP contribution in [-0.2, 0) is 0 Å². The molecule has 0 spiro atoms. The van der Waals surface area contributed by atoms with Gasteiger partial charge in [-0.05, 0) is 43.2 Å². The van der Waals surface area contributed by atoms with Crippen LogP contribution in [0.1, 0.15) is 25.8 Å². The minimum atomic E-state index is -0.430. The van der Waals surface area contributed by atoms with Gasteiger partial charge in [0.25, 0.3) is 0 Å². The summed E-state index contributed by atoms with van der Waals surface area (Å²) in [6.45, 7) is 3.91. The van der Waals surface area contributed by atoms with Gasteiger partial charge in [0.15, 0.2) is 0 Å². The highest BCUT2D eigenvalue weighted by molar-refractivity contribution is 5.98. The van der Waals surface area contributed by atoms with Crippen molar-refractivity contribution in [3.63, 3.8) is 0 Å². The van der Waals surface area contributed by atoms with Gasteiger partial charge in [-0.2, -0.15) is 0 Å². The highest BCUT2D eigenvalue weighted by Gasteiger charge is 2.02. The van der Waals surface area contributed by atoms with Crippen molar-refractivity contribution < 1.29 is 15.1 Å². The van der Waals surface area contributed by atoms with Crippen molar-refractivity contribution in [1.29, 1.82) is 0 Å². The predicted octanol–water partition coefficient (Wildman–Crippen LogP) is 2.03. The van der Waals surface area contributed by atoms with Crippen LogP contribution in [0.15, 0.2) is 29.4 Å². The second-order valence-electron chi connectivity index (χ2n) is 3.58. The van der Waals surface area contributed by atoms with E-state index in [2.05, 4.69) is 5.16 Å². The maximum Gasteiger partial charge on any atom is 0.119 e. The van der Waals surface area contributed by atoms with E-state index in [9.17, 15) is 5.11 Å². The summed E-state index contributed by atoms with van der Waals surface area (Å²) in [5.41, 5.74) is 1.39. The van der Waals surface area contributed by atoms with Gasteiger partial charge in [0.2, 0.25) is 0 Å². The molecular formula is C12H17NO3. The molecule has 0 aliphatic rings. The van der Waals surface area contributed by atoms with Gasteiger partial charge in [-0.1, -0.05) is 12.1 Å². The third kappa shape index (κ3) is 3.55. The summed E-state index contributed by atoms with van der Waals surface area (Å²) >= 11 is 0. The van der Waals surface area contributed by atoms with Crippen LogP contribution in [0.3, 0.4) is 0 Å². The average Bonchev–Trinajstić information content (AvgIpc) is 2.35. The summed E-state index contributed by atoms with van der Waals surface area (Å²) in [7, 11) is 0. The van der Waals surface area contributed by atoms with Gasteiger partial charge >= 0.3 is 0 Å². The third-order valence-corrected chi connectivity index (χ3v) is 2.34. The van der Waals surface area contributed by atoms with E-state index in [-0.39, 0.29) is 0 Å². The van der Waals surface area contributed by atoms with E-state index in [1.165, 1.54) is 0 Å². The lowest BCUT2D eigenvalue weighted by Crippen LogP contribution is -2.15. The maximum atomic E-state index is 9.32. The minimum Gasteiger partial charge on any atom is -0.491 e. The van der Waals surface area contributed by atoms with Crippen molar-refractivity contribution in [2.45, 2.75) is 26.4 Å². The van der Waals surface area contributed by atoms with Crippen molar-refractivity contribution in [3.05, 3.63) is 29.8 Å². The predicted molar refractivity (Wildman–Crippen MR) is 62.2 cm³/mol. The fraction of sp³-hybridized carbons (Fsp3) is 0.417. The number of hydrogen-bond acceptors (Lipinski definition) is 4. The van der Waals surface area contributed by atoms with Crippen molar-refractivity contribution in [2.75, 3.05) is 6.61 Å². The second kappa shape index (κ2) is 6.12. The quantitative estimate of drug-likeness (QED) is 0.456. The molecule has 1 unspecified atom stereocenters. The molecule has 4 heteroatoms. The Hall–Kier alpha value is -1.55. The Morgan fingerprint density at radius 2 is 2.00 bits per heavy atom. The maximum absolute atomic E-state index is 9.32. The first-order valence-corrected chi connectivity index (χ1v) is 5.27. The zero-order valence-electron chi connectivity index (χ0n) is 9.55. The Morgan fingerprint density at radius 3 is 2.50 bits per heavy atom. The molecule has 0 saturated carbocycles. The van der Waals surface area contributed by atoms with E-state index in [0.29, 0.717) is 24.5 Å². The van der Waals surface area contributed by atoms with Crippen LogP contribution in [0, 0.1) is 0 Å². The Morgan fingerprint density at radius 1 is 1.38 bits per heavy atom. The second-order valence-corrected chi connectivity index (χ2v) is 3.58. The number of oxime groups is 1. The van der Waals surface area contributed by atoms with Crippen LogP contribution < -0.4 is 4.74 Å². The van der Waals surface area contributed by atoms with E-state index >= 15 is 0 Å². The van der Waals surface area contributed by atoms with E-state index in [1.54, 1.807) is 19.1 Å². The lowest BCUT2D eigenvalue weighted by Gasteiger charge is -2.10. The summed E-state index contributed by atoms with van der Waals surface area (Å²) in [5, 5.41) is 21.0. The molecule has 88 valence electrons. The highest BCUT2D eigenvalue weighted by Crippen LogP contribution is 2.13. The van der Waals surface area contributed by atoms with Gasteiger partial charge in [0.1, 0.15) is 12.4 Å². The van der Waals surface area contributed by atoms with E-state index in [4.69, 9.17) is 9.94 Å². The minimum absolute atomic E-state index is 0.295. The SMILES string of the molecule is CCC(O)COc1ccc(/C(C)=N/O)cc1. The number of nitrogens with zero attached hydrogens (tertiary/aromatic N) is 1.